The minimum atomic E-state index is 0.884. The van der Waals surface area contributed by atoms with E-state index >= 15 is 0 Å². The Morgan fingerprint density at radius 1 is 0.769 bits per heavy atom. The summed E-state index contributed by atoms with van der Waals surface area (Å²) in [6.45, 7) is 13.5. The maximum atomic E-state index is 2.30. The van der Waals surface area contributed by atoms with Gasteiger partial charge in [0.25, 0.3) is 0 Å². The van der Waals surface area contributed by atoms with Gasteiger partial charge in [-0.05, 0) is 18.3 Å². The van der Waals surface area contributed by atoms with Crippen molar-refractivity contribution in [3.63, 3.8) is 0 Å². The molecule has 82 valence electrons. The monoisotopic (exact) mass is 186 g/mol. The summed E-state index contributed by atoms with van der Waals surface area (Å²) >= 11 is 0. The van der Waals surface area contributed by atoms with E-state index in [0.717, 1.165) is 11.8 Å². The number of rotatable bonds is 5. The zero-order valence-electron chi connectivity index (χ0n) is 10.7. The topological polar surface area (TPSA) is 0 Å². The fraction of sp³-hybridized carbons (Fsp3) is 1.00. The lowest BCUT2D eigenvalue weighted by Gasteiger charge is -2.13. The highest BCUT2D eigenvalue weighted by Gasteiger charge is 2.04. The molecule has 0 spiro atoms. The van der Waals surface area contributed by atoms with Gasteiger partial charge >= 0.3 is 0 Å². The predicted molar refractivity (Wildman–Crippen MR) is 64.1 cm³/mol. The molecule has 0 unspecified atom stereocenters. The number of hydrogen-bond acceptors (Lipinski definition) is 0. The van der Waals surface area contributed by atoms with Crippen LogP contribution in [0.2, 0.25) is 0 Å². The third kappa shape index (κ3) is 14.8. The van der Waals surface area contributed by atoms with E-state index < -0.39 is 0 Å². The SMILES string of the molecule is CCC(CC)CC(C)C.CCCC. The Morgan fingerprint density at radius 3 is 1.23 bits per heavy atom. The second-order valence-electron chi connectivity index (χ2n) is 4.31. The summed E-state index contributed by atoms with van der Waals surface area (Å²) in [5.74, 6) is 1.86. The van der Waals surface area contributed by atoms with Crippen molar-refractivity contribution in [3.8, 4) is 0 Å². The van der Waals surface area contributed by atoms with Crippen molar-refractivity contribution in [1.29, 1.82) is 0 Å². The molecule has 0 heterocycles. The van der Waals surface area contributed by atoms with E-state index in [2.05, 4.69) is 41.5 Å². The molecule has 0 amide bonds. The summed E-state index contributed by atoms with van der Waals surface area (Å²) in [6, 6.07) is 0. The molecular formula is C13H30. The molecule has 0 bridgehead atoms. The van der Waals surface area contributed by atoms with Crippen molar-refractivity contribution in [2.45, 2.75) is 73.6 Å². The summed E-state index contributed by atoms with van der Waals surface area (Å²) in [5, 5.41) is 0. The molecule has 0 radical (unpaired) electrons. The first kappa shape index (κ1) is 15.5. The van der Waals surface area contributed by atoms with Crippen LogP contribution in [0, 0.1) is 11.8 Å². The maximum absolute atomic E-state index is 2.30. The van der Waals surface area contributed by atoms with Gasteiger partial charge in [0.2, 0.25) is 0 Å². The molecule has 0 nitrogen and oxygen atoms in total. The molecular weight excluding hydrogens is 156 g/mol. The molecule has 0 aliphatic rings. The van der Waals surface area contributed by atoms with Crippen LogP contribution in [0.3, 0.4) is 0 Å². The lowest BCUT2D eigenvalue weighted by molar-refractivity contribution is 0.388. The van der Waals surface area contributed by atoms with Crippen LogP contribution in [0.4, 0.5) is 0 Å². The molecule has 0 aliphatic carbocycles. The van der Waals surface area contributed by atoms with Gasteiger partial charge in [-0.15, -0.1) is 0 Å². The zero-order valence-corrected chi connectivity index (χ0v) is 10.7. The fourth-order valence-electron chi connectivity index (χ4n) is 1.29. The third-order valence-electron chi connectivity index (χ3n) is 2.46. The van der Waals surface area contributed by atoms with Crippen LogP contribution in [0.15, 0.2) is 0 Å². The first-order valence-electron chi connectivity index (χ1n) is 6.12. The molecule has 13 heavy (non-hydrogen) atoms. The van der Waals surface area contributed by atoms with Gasteiger partial charge in [-0.2, -0.15) is 0 Å². The van der Waals surface area contributed by atoms with E-state index in [1.54, 1.807) is 0 Å². The van der Waals surface area contributed by atoms with E-state index in [1.165, 1.54) is 32.1 Å². The highest BCUT2D eigenvalue weighted by Crippen LogP contribution is 2.17. The van der Waals surface area contributed by atoms with Crippen LogP contribution >= 0.6 is 0 Å². The Hall–Kier alpha value is 0. The van der Waals surface area contributed by atoms with Crippen molar-refractivity contribution < 1.29 is 0 Å². The van der Waals surface area contributed by atoms with Crippen molar-refractivity contribution in [1.82, 2.24) is 0 Å². The van der Waals surface area contributed by atoms with Gasteiger partial charge < -0.3 is 0 Å². The highest BCUT2D eigenvalue weighted by molar-refractivity contribution is 4.56. The quantitative estimate of drug-likeness (QED) is 0.548. The van der Waals surface area contributed by atoms with E-state index in [9.17, 15) is 0 Å². The van der Waals surface area contributed by atoms with Crippen molar-refractivity contribution in [3.05, 3.63) is 0 Å². The van der Waals surface area contributed by atoms with Gasteiger partial charge in [0.05, 0.1) is 0 Å². The van der Waals surface area contributed by atoms with Crippen LogP contribution < -0.4 is 0 Å². The molecule has 0 atom stereocenters. The van der Waals surface area contributed by atoms with Crippen LogP contribution in [0.5, 0.6) is 0 Å². The van der Waals surface area contributed by atoms with Crippen molar-refractivity contribution >= 4 is 0 Å². The Kier molecular flexibility index (Phi) is 14.3. The minimum absolute atomic E-state index is 0.884. The molecule has 0 aromatic heterocycles. The lowest BCUT2D eigenvalue weighted by atomic mass is 9.93. The summed E-state index contributed by atoms with van der Waals surface area (Å²) in [6.07, 6.45) is 6.76. The van der Waals surface area contributed by atoms with Crippen LogP contribution in [-0.2, 0) is 0 Å². The Morgan fingerprint density at radius 2 is 1.15 bits per heavy atom. The summed E-state index contributed by atoms with van der Waals surface area (Å²) in [4.78, 5) is 0. The van der Waals surface area contributed by atoms with Crippen LogP contribution in [0.25, 0.3) is 0 Å². The minimum Gasteiger partial charge on any atom is -0.0654 e. The number of hydrogen-bond donors (Lipinski definition) is 0. The second kappa shape index (κ2) is 12.0. The van der Waals surface area contributed by atoms with Crippen molar-refractivity contribution in [2.75, 3.05) is 0 Å². The smallest absolute Gasteiger partial charge is 0.0417 e. The Bertz CT molecular complexity index is 68.1. The summed E-state index contributed by atoms with van der Waals surface area (Å²) < 4.78 is 0. The molecule has 0 aliphatic heterocycles. The molecule has 0 aromatic rings. The largest absolute Gasteiger partial charge is 0.0654 e. The first-order valence-corrected chi connectivity index (χ1v) is 6.12. The van der Waals surface area contributed by atoms with E-state index in [4.69, 9.17) is 0 Å². The van der Waals surface area contributed by atoms with Gasteiger partial charge in [-0.25, -0.2) is 0 Å². The van der Waals surface area contributed by atoms with Gasteiger partial charge in [-0.3, -0.25) is 0 Å². The average molecular weight is 186 g/mol. The van der Waals surface area contributed by atoms with E-state index in [1.807, 2.05) is 0 Å². The summed E-state index contributed by atoms with van der Waals surface area (Å²) in [5.41, 5.74) is 0. The van der Waals surface area contributed by atoms with Gasteiger partial charge in [0.15, 0.2) is 0 Å². The molecule has 0 rings (SSSR count). The Labute approximate surface area is 86.1 Å². The molecule has 0 N–H and O–H groups in total. The second-order valence-corrected chi connectivity index (χ2v) is 4.31. The molecule has 0 heteroatoms. The predicted octanol–water partition coefficient (Wildman–Crippen LogP) is 5.28. The average Bonchev–Trinajstić information content (AvgIpc) is 2.14. The molecule has 0 saturated carbocycles. The molecule has 0 saturated heterocycles. The molecule has 0 fully saturated rings. The highest BCUT2D eigenvalue weighted by atomic mass is 14.1. The van der Waals surface area contributed by atoms with E-state index in [0.29, 0.717) is 0 Å². The Balaban J connectivity index is 0. The van der Waals surface area contributed by atoms with Gasteiger partial charge in [-0.1, -0.05) is 67.2 Å². The van der Waals surface area contributed by atoms with Crippen LogP contribution in [0.1, 0.15) is 73.6 Å². The lowest BCUT2D eigenvalue weighted by Crippen LogP contribution is -2.00. The fourth-order valence-corrected chi connectivity index (χ4v) is 1.29. The zero-order chi connectivity index (χ0) is 10.7. The third-order valence-corrected chi connectivity index (χ3v) is 2.46. The van der Waals surface area contributed by atoms with E-state index in [-0.39, 0.29) is 0 Å². The van der Waals surface area contributed by atoms with Gasteiger partial charge in [0.1, 0.15) is 0 Å². The normalized spacial score (nSPS) is 10.2. The maximum Gasteiger partial charge on any atom is -0.0417 e. The standard InChI is InChI=1S/C9H20.C4H10/c1-5-9(6-2)7-8(3)4;1-3-4-2/h8-9H,5-7H2,1-4H3;3-4H2,1-2H3. The van der Waals surface area contributed by atoms with Crippen molar-refractivity contribution in [2.24, 2.45) is 11.8 Å². The van der Waals surface area contributed by atoms with Gasteiger partial charge in [0, 0.05) is 0 Å². The van der Waals surface area contributed by atoms with Crippen LogP contribution in [-0.4, -0.2) is 0 Å². The summed E-state index contributed by atoms with van der Waals surface area (Å²) in [7, 11) is 0. The number of unbranched alkanes of at least 4 members (excludes halogenated alkanes) is 1. The molecule has 0 aromatic carbocycles. The first-order chi connectivity index (χ1) is 6.12.